The summed E-state index contributed by atoms with van der Waals surface area (Å²) >= 11 is 3.03. The summed E-state index contributed by atoms with van der Waals surface area (Å²) < 4.78 is 0. The van der Waals surface area contributed by atoms with Crippen LogP contribution in [0.3, 0.4) is 0 Å². The minimum atomic E-state index is -0.267. The van der Waals surface area contributed by atoms with E-state index in [1.807, 2.05) is 17.5 Å². The van der Waals surface area contributed by atoms with Crippen LogP contribution in [0.1, 0.15) is 20.8 Å². The van der Waals surface area contributed by atoms with E-state index in [0.717, 1.165) is 9.88 Å². The van der Waals surface area contributed by atoms with E-state index in [2.05, 4.69) is 15.6 Å². The average Bonchev–Trinajstić information content (AvgIpc) is 3.25. The second-order valence-corrected chi connectivity index (χ2v) is 6.43. The van der Waals surface area contributed by atoms with Crippen LogP contribution < -0.4 is 10.6 Å². The maximum atomic E-state index is 12.2. The van der Waals surface area contributed by atoms with Gasteiger partial charge in [-0.3, -0.25) is 9.59 Å². The lowest BCUT2D eigenvalue weighted by molar-refractivity contribution is 0.0962. The van der Waals surface area contributed by atoms with Crippen molar-refractivity contribution in [3.05, 3.63) is 58.4 Å². The van der Waals surface area contributed by atoms with Crippen LogP contribution >= 0.6 is 22.7 Å². The van der Waals surface area contributed by atoms with E-state index >= 15 is 0 Å². The Morgan fingerprint density at radius 2 is 1.83 bits per heavy atom. The SMILES string of the molecule is CNC(=O)c1ccc(NC(=O)c2csc(-c3cccs3)n2)cc1. The van der Waals surface area contributed by atoms with Crippen LogP contribution in [0.25, 0.3) is 9.88 Å². The Balaban J connectivity index is 1.71. The zero-order valence-electron chi connectivity index (χ0n) is 12.2. The van der Waals surface area contributed by atoms with Gasteiger partial charge in [-0.25, -0.2) is 4.98 Å². The third-order valence-electron chi connectivity index (χ3n) is 3.10. The molecule has 0 saturated carbocycles. The standard InChI is InChI=1S/C16H13N3O2S2/c1-17-14(20)10-4-6-11(7-5-10)18-15(21)12-9-23-16(19-12)13-3-2-8-22-13/h2-9H,1H3,(H,17,20)(H,18,21). The van der Waals surface area contributed by atoms with Crippen molar-refractivity contribution in [2.75, 3.05) is 12.4 Å². The molecule has 1 aromatic carbocycles. The normalized spacial score (nSPS) is 10.3. The van der Waals surface area contributed by atoms with Crippen molar-refractivity contribution < 1.29 is 9.59 Å². The first-order valence-electron chi connectivity index (χ1n) is 6.80. The van der Waals surface area contributed by atoms with Gasteiger partial charge in [-0.2, -0.15) is 0 Å². The summed E-state index contributed by atoms with van der Waals surface area (Å²) in [7, 11) is 1.57. The summed E-state index contributed by atoms with van der Waals surface area (Å²) in [5, 5.41) is 9.88. The topological polar surface area (TPSA) is 71.1 Å². The van der Waals surface area contributed by atoms with Crippen LogP contribution in [-0.4, -0.2) is 23.8 Å². The summed E-state index contributed by atoms with van der Waals surface area (Å²) in [5.74, 6) is -0.431. The third kappa shape index (κ3) is 3.46. The number of nitrogens with zero attached hydrogens (tertiary/aromatic N) is 1. The van der Waals surface area contributed by atoms with Gasteiger partial charge in [-0.05, 0) is 35.7 Å². The molecule has 0 bridgehead atoms. The monoisotopic (exact) mass is 343 g/mol. The molecule has 7 heteroatoms. The molecule has 2 aromatic heterocycles. The second-order valence-electron chi connectivity index (χ2n) is 4.63. The van der Waals surface area contributed by atoms with Crippen molar-refractivity contribution in [3.63, 3.8) is 0 Å². The fraction of sp³-hybridized carbons (Fsp3) is 0.0625. The quantitative estimate of drug-likeness (QED) is 0.762. The van der Waals surface area contributed by atoms with Crippen molar-refractivity contribution in [1.29, 1.82) is 0 Å². The second kappa shape index (κ2) is 6.72. The maximum Gasteiger partial charge on any atom is 0.275 e. The van der Waals surface area contributed by atoms with E-state index in [1.165, 1.54) is 11.3 Å². The van der Waals surface area contributed by atoms with Gasteiger partial charge in [0.05, 0.1) is 4.88 Å². The predicted molar refractivity (Wildman–Crippen MR) is 93.2 cm³/mol. The fourth-order valence-corrected chi connectivity index (χ4v) is 3.55. The molecule has 0 spiro atoms. The Bertz CT molecular complexity index is 823. The summed E-state index contributed by atoms with van der Waals surface area (Å²) in [6.45, 7) is 0. The lowest BCUT2D eigenvalue weighted by Crippen LogP contribution is -2.18. The molecule has 0 aliphatic heterocycles. The van der Waals surface area contributed by atoms with E-state index < -0.39 is 0 Å². The number of carbonyl (C=O) groups is 2. The van der Waals surface area contributed by atoms with Crippen molar-refractivity contribution in [1.82, 2.24) is 10.3 Å². The highest BCUT2D eigenvalue weighted by Gasteiger charge is 2.13. The summed E-state index contributed by atoms with van der Waals surface area (Å²) in [6, 6.07) is 10.6. The van der Waals surface area contributed by atoms with Crippen molar-refractivity contribution in [3.8, 4) is 9.88 Å². The molecule has 2 N–H and O–H groups in total. The first-order chi connectivity index (χ1) is 11.2. The highest BCUT2D eigenvalue weighted by Crippen LogP contribution is 2.28. The molecule has 2 amide bonds. The molecule has 116 valence electrons. The minimum Gasteiger partial charge on any atom is -0.355 e. The van der Waals surface area contributed by atoms with Gasteiger partial charge >= 0.3 is 0 Å². The minimum absolute atomic E-state index is 0.164. The van der Waals surface area contributed by atoms with E-state index in [4.69, 9.17) is 0 Å². The number of thiophene rings is 1. The molecule has 0 fully saturated rings. The van der Waals surface area contributed by atoms with Crippen molar-refractivity contribution in [2.24, 2.45) is 0 Å². The Kier molecular flexibility index (Phi) is 4.50. The number of amides is 2. The molecular formula is C16H13N3O2S2. The molecule has 23 heavy (non-hydrogen) atoms. The van der Waals surface area contributed by atoms with Gasteiger partial charge in [0.25, 0.3) is 11.8 Å². The number of carbonyl (C=O) groups excluding carboxylic acids is 2. The molecule has 0 aliphatic carbocycles. The fourth-order valence-electron chi connectivity index (χ4n) is 1.94. The highest BCUT2D eigenvalue weighted by molar-refractivity contribution is 7.20. The van der Waals surface area contributed by atoms with E-state index in [-0.39, 0.29) is 11.8 Å². The van der Waals surface area contributed by atoms with Gasteiger partial charge in [0.2, 0.25) is 0 Å². The van der Waals surface area contributed by atoms with Gasteiger partial charge in [0.1, 0.15) is 10.7 Å². The van der Waals surface area contributed by atoms with Gasteiger partial charge in [0.15, 0.2) is 0 Å². The van der Waals surface area contributed by atoms with Crippen molar-refractivity contribution >= 4 is 40.2 Å². The van der Waals surface area contributed by atoms with Crippen LogP contribution in [-0.2, 0) is 0 Å². The molecule has 5 nitrogen and oxygen atoms in total. The number of hydrogen-bond acceptors (Lipinski definition) is 5. The Morgan fingerprint density at radius 3 is 2.48 bits per heavy atom. The summed E-state index contributed by atoms with van der Waals surface area (Å²) in [6.07, 6.45) is 0. The lowest BCUT2D eigenvalue weighted by atomic mass is 10.2. The number of thiazole rings is 1. The number of nitrogens with one attached hydrogen (secondary N) is 2. The molecule has 0 aliphatic rings. The number of rotatable bonds is 4. The molecule has 3 rings (SSSR count). The molecule has 3 aromatic rings. The third-order valence-corrected chi connectivity index (χ3v) is 4.98. The average molecular weight is 343 g/mol. The smallest absolute Gasteiger partial charge is 0.275 e. The number of aromatic nitrogens is 1. The summed E-state index contributed by atoms with van der Waals surface area (Å²) in [4.78, 5) is 29.1. The first-order valence-corrected chi connectivity index (χ1v) is 8.56. The summed E-state index contributed by atoms with van der Waals surface area (Å²) in [5.41, 5.74) is 1.54. The number of benzene rings is 1. The zero-order valence-corrected chi connectivity index (χ0v) is 13.8. The van der Waals surface area contributed by atoms with Crippen LogP contribution in [0.5, 0.6) is 0 Å². The molecule has 2 heterocycles. The molecule has 0 unspecified atom stereocenters. The Labute approximate surface area is 141 Å². The number of anilines is 1. The number of hydrogen-bond donors (Lipinski definition) is 2. The van der Waals surface area contributed by atoms with Gasteiger partial charge in [0, 0.05) is 23.7 Å². The molecule has 0 radical (unpaired) electrons. The zero-order chi connectivity index (χ0) is 16.2. The van der Waals surface area contributed by atoms with Crippen LogP contribution in [0.15, 0.2) is 47.2 Å². The van der Waals surface area contributed by atoms with E-state index in [0.29, 0.717) is 16.9 Å². The lowest BCUT2D eigenvalue weighted by Gasteiger charge is -2.04. The Hall–Kier alpha value is -2.51. The first kappa shape index (κ1) is 15.4. The molecule has 0 saturated heterocycles. The van der Waals surface area contributed by atoms with Crippen LogP contribution in [0, 0.1) is 0 Å². The van der Waals surface area contributed by atoms with Crippen molar-refractivity contribution in [2.45, 2.75) is 0 Å². The Morgan fingerprint density at radius 1 is 1.04 bits per heavy atom. The molecule has 0 atom stereocenters. The van der Waals surface area contributed by atoms with Crippen LogP contribution in [0.4, 0.5) is 5.69 Å². The van der Waals surface area contributed by atoms with Crippen LogP contribution in [0.2, 0.25) is 0 Å². The predicted octanol–water partition coefficient (Wildman–Crippen LogP) is 3.48. The van der Waals surface area contributed by atoms with E-state index in [9.17, 15) is 9.59 Å². The molecular weight excluding hydrogens is 330 g/mol. The van der Waals surface area contributed by atoms with E-state index in [1.54, 1.807) is 48.0 Å². The largest absolute Gasteiger partial charge is 0.355 e. The van der Waals surface area contributed by atoms with Gasteiger partial charge in [-0.15, -0.1) is 22.7 Å². The maximum absolute atomic E-state index is 12.2. The van der Waals surface area contributed by atoms with Gasteiger partial charge < -0.3 is 10.6 Å². The van der Waals surface area contributed by atoms with Gasteiger partial charge in [-0.1, -0.05) is 6.07 Å². The highest BCUT2D eigenvalue weighted by atomic mass is 32.1.